The number of nitrogens with two attached hydrogens (primary N) is 1. The van der Waals surface area contributed by atoms with Gasteiger partial charge in [0.25, 0.3) is 0 Å². The van der Waals surface area contributed by atoms with Crippen LogP contribution in [0.4, 0.5) is 0 Å². The van der Waals surface area contributed by atoms with Crippen LogP contribution in [0.2, 0.25) is 0 Å². The molecule has 0 aliphatic rings. The third kappa shape index (κ3) is 1.80. The number of methoxy groups -OCH3 is 1. The molecule has 1 aromatic heterocycles. The number of rotatable bonds is 4. The first-order valence-electron chi connectivity index (χ1n) is 3.95. The third-order valence-corrected chi connectivity index (χ3v) is 1.69. The van der Waals surface area contributed by atoms with Crippen molar-refractivity contribution in [2.45, 2.75) is 26.0 Å². The summed E-state index contributed by atoms with van der Waals surface area (Å²) in [7, 11) is 1.65. The van der Waals surface area contributed by atoms with E-state index >= 15 is 0 Å². The second kappa shape index (κ2) is 4.18. The van der Waals surface area contributed by atoms with Gasteiger partial charge in [0, 0.05) is 7.11 Å². The third-order valence-electron chi connectivity index (χ3n) is 1.69. The molecule has 1 heterocycles. The minimum Gasteiger partial charge on any atom is -0.373 e. The molecule has 12 heavy (non-hydrogen) atoms. The summed E-state index contributed by atoms with van der Waals surface area (Å²) < 4.78 is 5.16. The lowest BCUT2D eigenvalue weighted by Gasteiger charge is -2.06. The number of aromatic nitrogens is 3. The van der Waals surface area contributed by atoms with Crippen LogP contribution in [-0.4, -0.2) is 22.3 Å². The molecule has 0 amide bonds. The van der Waals surface area contributed by atoms with Crippen LogP contribution in [-0.2, 0) is 11.3 Å². The predicted octanol–water partition coefficient (Wildman–Crippen LogP) is 0.361. The lowest BCUT2D eigenvalue weighted by molar-refractivity contribution is 0.0928. The van der Waals surface area contributed by atoms with Gasteiger partial charge in [-0.05, 0) is 6.42 Å². The van der Waals surface area contributed by atoms with Gasteiger partial charge in [-0.3, -0.25) is 5.10 Å². The highest BCUT2D eigenvalue weighted by Crippen LogP contribution is 2.14. The molecule has 0 bridgehead atoms. The van der Waals surface area contributed by atoms with Gasteiger partial charge in [-0.15, -0.1) is 0 Å². The zero-order valence-corrected chi connectivity index (χ0v) is 7.37. The van der Waals surface area contributed by atoms with Gasteiger partial charge >= 0.3 is 0 Å². The maximum Gasteiger partial charge on any atom is 0.179 e. The van der Waals surface area contributed by atoms with Crippen molar-refractivity contribution in [1.82, 2.24) is 15.2 Å². The lowest BCUT2D eigenvalue weighted by atomic mass is 10.3. The number of ether oxygens (including phenoxy) is 1. The Morgan fingerprint density at radius 3 is 2.83 bits per heavy atom. The van der Waals surface area contributed by atoms with Gasteiger partial charge in [-0.1, -0.05) is 6.92 Å². The van der Waals surface area contributed by atoms with E-state index in [0.717, 1.165) is 6.42 Å². The van der Waals surface area contributed by atoms with Crippen LogP contribution in [0.3, 0.4) is 0 Å². The van der Waals surface area contributed by atoms with E-state index in [9.17, 15) is 0 Å². The molecule has 0 aromatic carbocycles. The number of nitrogens with one attached hydrogen (secondary N) is 1. The van der Waals surface area contributed by atoms with E-state index in [1.807, 2.05) is 6.92 Å². The van der Waals surface area contributed by atoms with Gasteiger partial charge in [-0.2, -0.15) is 5.10 Å². The summed E-state index contributed by atoms with van der Waals surface area (Å²) in [4.78, 5) is 4.15. The molecule has 1 unspecified atom stereocenters. The van der Waals surface area contributed by atoms with Crippen molar-refractivity contribution >= 4 is 0 Å². The van der Waals surface area contributed by atoms with Crippen LogP contribution < -0.4 is 5.73 Å². The zero-order valence-electron chi connectivity index (χ0n) is 7.37. The van der Waals surface area contributed by atoms with Crippen molar-refractivity contribution in [3.8, 4) is 0 Å². The van der Waals surface area contributed by atoms with Gasteiger partial charge in [-0.25, -0.2) is 4.98 Å². The smallest absolute Gasteiger partial charge is 0.179 e. The average molecular weight is 170 g/mol. The molecule has 1 atom stereocenters. The summed E-state index contributed by atoms with van der Waals surface area (Å²) in [5, 5.41) is 6.73. The van der Waals surface area contributed by atoms with E-state index in [2.05, 4.69) is 15.2 Å². The van der Waals surface area contributed by atoms with Gasteiger partial charge in [0.15, 0.2) is 5.82 Å². The summed E-state index contributed by atoms with van der Waals surface area (Å²) in [6.45, 7) is 2.40. The van der Waals surface area contributed by atoms with Crippen LogP contribution >= 0.6 is 0 Å². The molecule has 0 aliphatic heterocycles. The summed E-state index contributed by atoms with van der Waals surface area (Å²) in [6.07, 6.45) is 0.833. The fourth-order valence-electron chi connectivity index (χ4n) is 1.00. The Kier molecular flexibility index (Phi) is 3.19. The van der Waals surface area contributed by atoms with E-state index in [1.165, 1.54) is 0 Å². The molecule has 0 radical (unpaired) electrons. The maximum absolute atomic E-state index is 5.37. The van der Waals surface area contributed by atoms with E-state index in [-0.39, 0.29) is 6.10 Å². The first kappa shape index (κ1) is 9.15. The molecule has 0 fully saturated rings. The largest absolute Gasteiger partial charge is 0.373 e. The number of aromatic amines is 1. The summed E-state index contributed by atoms with van der Waals surface area (Å²) in [5.41, 5.74) is 5.37. The van der Waals surface area contributed by atoms with E-state index in [1.54, 1.807) is 7.11 Å². The molecule has 3 N–H and O–H groups in total. The molecule has 0 saturated heterocycles. The molecular weight excluding hydrogens is 156 g/mol. The Balaban J connectivity index is 2.72. The van der Waals surface area contributed by atoms with Crippen molar-refractivity contribution in [1.29, 1.82) is 0 Å². The second-order valence-corrected chi connectivity index (χ2v) is 2.48. The van der Waals surface area contributed by atoms with Crippen molar-refractivity contribution in [3.05, 3.63) is 11.6 Å². The molecule has 0 aliphatic carbocycles. The molecule has 68 valence electrons. The van der Waals surface area contributed by atoms with Crippen LogP contribution in [0.1, 0.15) is 31.1 Å². The Bertz CT molecular complexity index is 231. The standard InChI is InChI=1S/C7H14N4O/c1-3-5(12-2)7-9-6(4-8)10-11-7/h5H,3-4,8H2,1-2H3,(H,9,10,11). The highest BCUT2D eigenvalue weighted by Gasteiger charge is 2.12. The maximum atomic E-state index is 5.37. The zero-order chi connectivity index (χ0) is 8.97. The average Bonchev–Trinajstić information content (AvgIpc) is 2.55. The first-order chi connectivity index (χ1) is 5.81. The Morgan fingerprint density at radius 2 is 2.42 bits per heavy atom. The first-order valence-corrected chi connectivity index (χ1v) is 3.95. The topological polar surface area (TPSA) is 76.8 Å². The highest BCUT2D eigenvalue weighted by molar-refractivity contribution is 4.93. The van der Waals surface area contributed by atoms with Crippen LogP contribution in [0.15, 0.2) is 0 Å². The second-order valence-electron chi connectivity index (χ2n) is 2.48. The number of H-pyrrole nitrogens is 1. The molecule has 0 spiro atoms. The van der Waals surface area contributed by atoms with Crippen molar-refractivity contribution < 1.29 is 4.74 Å². The summed E-state index contributed by atoms with van der Waals surface area (Å²) >= 11 is 0. The number of hydrogen-bond acceptors (Lipinski definition) is 4. The Labute approximate surface area is 71.3 Å². The van der Waals surface area contributed by atoms with Crippen molar-refractivity contribution in [2.75, 3.05) is 7.11 Å². The Hall–Kier alpha value is -0.940. The van der Waals surface area contributed by atoms with Crippen molar-refractivity contribution in [2.24, 2.45) is 5.73 Å². The van der Waals surface area contributed by atoms with Crippen LogP contribution in [0.5, 0.6) is 0 Å². The highest BCUT2D eigenvalue weighted by atomic mass is 16.5. The van der Waals surface area contributed by atoms with Crippen LogP contribution in [0.25, 0.3) is 0 Å². The fraction of sp³-hybridized carbons (Fsp3) is 0.714. The quantitative estimate of drug-likeness (QED) is 0.684. The molecule has 1 rings (SSSR count). The predicted molar refractivity (Wildman–Crippen MR) is 44.3 cm³/mol. The van der Waals surface area contributed by atoms with Crippen LogP contribution in [0, 0.1) is 0 Å². The molecule has 5 heteroatoms. The van der Waals surface area contributed by atoms with E-state index in [4.69, 9.17) is 10.5 Å². The van der Waals surface area contributed by atoms with Gasteiger partial charge < -0.3 is 10.5 Å². The SMILES string of the molecule is CCC(OC)c1n[nH]c(CN)n1. The van der Waals surface area contributed by atoms with Gasteiger partial charge in [0.1, 0.15) is 11.9 Å². The summed E-state index contributed by atoms with van der Waals surface area (Å²) in [5.74, 6) is 1.38. The Morgan fingerprint density at radius 1 is 1.67 bits per heavy atom. The number of nitrogens with zero attached hydrogens (tertiary/aromatic N) is 2. The van der Waals surface area contributed by atoms with E-state index < -0.39 is 0 Å². The van der Waals surface area contributed by atoms with Gasteiger partial charge in [0.05, 0.1) is 6.54 Å². The molecular formula is C7H14N4O. The minimum atomic E-state index is -0.0263. The minimum absolute atomic E-state index is 0.0263. The molecule has 0 saturated carbocycles. The van der Waals surface area contributed by atoms with E-state index in [0.29, 0.717) is 18.2 Å². The molecule has 1 aromatic rings. The monoisotopic (exact) mass is 170 g/mol. The number of hydrogen-bond donors (Lipinski definition) is 2. The lowest BCUT2D eigenvalue weighted by Crippen LogP contribution is -2.03. The van der Waals surface area contributed by atoms with Gasteiger partial charge in [0.2, 0.25) is 0 Å². The molecule has 5 nitrogen and oxygen atoms in total. The normalized spacial score (nSPS) is 13.2. The summed E-state index contributed by atoms with van der Waals surface area (Å²) in [6, 6.07) is 0. The fourth-order valence-corrected chi connectivity index (χ4v) is 1.00. The van der Waals surface area contributed by atoms with Crippen molar-refractivity contribution in [3.63, 3.8) is 0 Å².